The van der Waals surface area contributed by atoms with Crippen LogP contribution in [0.25, 0.3) is 0 Å². The molecule has 0 unspecified atom stereocenters. The Bertz CT molecular complexity index is 1000. The summed E-state index contributed by atoms with van der Waals surface area (Å²) in [6.07, 6.45) is 3.79. The van der Waals surface area contributed by atoms with Crippen molar-refractivity contribution in [3.63, 3.8) is 0 Å². The van der Waals surface area contributed by atoms with E-state index in [2.05, 4.69) is 5.10 Å². The number of ether oxygens (including phenoxy) is 1. The Morgan fingerprint density at radius 3 is 2.34 bits per heavy atom. The third kappa shape index (κ3) is 4.53. The summed E-state index contributed by atoms with van der Waals surface area (Å²) in [5, 5.41) is 4.22. The molecule has 0 aliphatic carbocycles. The fraction of sp³-hybridized carbons (Fsp3) is 0.524. The number of benzene rings is 1. The van der Waals surface area contributed by atoms with Crippen LogP contribution in [-0.4, -0.2) is 48.1 Å². The molecule has 1 aromatic heterocycles. The second-order valence-corrected chi connectivity index (χ2v) is 9.56. The summed E-state index contributed by atoms with van der Waals surface area (Å²) >= 11 is 0. The van der Waals surface area contributed by atoms with Gasteiger partial charge in [0.15, 0.2) is 6.61 Å². The quantitative estimate of drug-likeness (QED) is 0.742. The van der Waals surface area contributed by atoms with E-state index in [1.54, 1.807) is 13.8 Å². The SMILES string of the molecule is Cc1ccc(OCC(=O)n2nc(C)c(S(=O)(=O)N3CCCCCC3)c2C)c(C)c1. The van der Waals surface area contributed by atoms with E-state index in [9.17, 15) is 13.2 Å². The van der Waals surface area contributed by atoms with Crippen molar-refractivity contribution in [1.29, 1.82) is 0 Å². The highest BCUT2D eigenvalue weighted by molar-refractivity contribution is 7.89. The number of sulfonamides is 1. The number of carbonyl (C=O) groups excluding carboxylic acids is 1. The second-order valence-electron chi connectivity index (χ2n) is 7.68. The molecule has 0 amide bonds. The first-order chi connectivity index (χ1) is 13.7. The number of nitrogens with zero attached hydrogens (tertiary/aromatic N) is 3. The molecule has 29 heavy (non-hydrogen) atoms. The summed E-state index contributed by atoms with van der Waals surface area (Å²) in [5.41, 5.74) is 2.73. The van der Waals surface area contributed by atoms with Gasteiger partial charge in [0.1, 0.15) is 10.6 Å². The fourth-order valence-electron chi connectivity index (χ4n) is 3.82. The van der Waals surface area contributed by atoms with E-state index >= 15 is 0 Å². The Balaban J connectivity index is 1.81. The molecule has 0 bridgehead atoms. The third-order valence-corrected chi connectivity index (χ3v) is 7.46. The minimum atomic E-state index is -3.68. The largest absolute Gasteiger partial charge is 0.483 e. The number of hydrogen-bond donors (Lipinski definition) is 0. The predicted molar refractivity (Wildman–Crippen MR) is 111 cm³/mol. The molecule has 8 heteroatoms. The molecule has 2 aromatic rings. The zero-order chi connectivity index (χ0) is 21.2. The van der Waals surface area contributed by atoms with Crippen LogP contribution in [0.5, 0.6) is 5.75 Å². The molecule has 0 spiro atoms. The lowest BCUT2D eigenvalue weighted by Gasteiger charge is -2.20. The van der Waals surface area contributed by atoms with Crippen molar-refractivity contribution in [2.75, 3.05) is 19.7 Å². The first-order valence-electron chi connectivity index (χ1n) is 10.0. The van der Waals surface area contributed by atoms with Crippen molar-refractivity contribution in [2.45, 2.75) is 58.3 Å². The molecule has 0 N–H and O–H groups in total. The van der Waals surface area contributed by atoms with Gasteiger partial charge in [0.25, 0.3) is 5.91 Å². The van der Waals surface area contributed by atoms with Crippen molar-refractivity contribution in [2.24, 2.45) is 0 Å². The van der Waals surface area contributed by atoms with Crippen molar-refractivity contribution in [3.8, 4) is 5.75 Å². The van der Waals surface area contributed by atoms with E-state index in [1.807, 2.05) is 32.0 Å². The summed E-state index contributed by atoms with van der Waals surface area (Å²) in [5.74, 6) is 0.228. The molecule has 1 saturated heterocycles. The molecule has 1 aromatic carbocycles. The van der Waals surface area contributed by atoms with Crippen LogP contribution in [0.2, 0.25) is 0 Å². The van der Waals surface area contributed by atoms with Crippen molar-refractivity contribution >= 4 is 15.9 Å². The third-order valence-electron chi connectivity index (χ3n) is 5.31. The van der Waals surface area contributed by atoms with E-state index < -0.39 is 15.9 Å². The zero-order valence-electron chi connectivity index (χ0n) is 17.6. The number of hydrogen-bond acceptors (Lipinski definition) is 5. The summed E-state index contributed by atoms with van der Waals surface area (Å²) in [6.45, 7) is 7.97. The topological polar surface area (TPSA) is 81.5 Å². The van der Waals surface area contributed by atoms with Gasteiger partial charge < -0.3 is 4.74 Å². The minimum Gasteiger partial charge on any atom is -0.483 e. The van der Waals surface area contributed by atoms with Gasteiger partial charge in [-0.25, -0.2) is 13.1 Å². The molecule has 3 rings (SSSR count). The van der Waals surface area contributed by atoms with Crippen LogP contribution in [0.3, 0.4) is 0 Å². The zero-order valence-corrected chi connectivity index (χ0v) is 18.4. The number of carbonyl (C=O) groups is 1. The summed E-state index contributed by atoms with van der Waals surface area (Å²) in [7, 11) is -3.68. The van der Waals surface area contributed by atoms with Gasteiger partial charge in [0.05, 0.1) is 11.4 Å². The van der Waals surface area contributed by atoms with Gasteiger partial charge in [-0.1, -0.05) is 30.5 Å². The van der Waals surface area contributed by atoms with Gasteiger partial charge in [-0.2, -0.15) is 9.40 Å². The Labute approximate surface area is 172 Å². The Morgan fingerprint density at radius 2 is 1.72 bits per heavy atom. The van der Waals surface area contributed by atoms with Gasteiger partial charge in [0.2, 0.25) is 10.0 Å². The average Bonchev–Trinajstić information content (AvgIpc) is 2.84. The Kier molecular flexibility index (Phi) is 6.43. The van der Waals surface area contributed by atoms with E-state index in [0.717, 1.165) is 41.5 Å². The van der Waals surface area contributed by atoms with Crippen molar-refractivity contribution < 1.29 is 17.9 Å². The van der Waals surface area contributed by atoms with E-state index in [-0.39, 0.29) is 11.5 Å². The van der Waals surface area contributed by atoms with Crippen LogP contribution in [0.4, 0.5) is 0 Å². The van der Waals surface area contributed by atoms with Crippen LogP contribution in [0.1, 0.15) is 53.0 Å². The number of aryl methyl sites for hydroxylation is 3. The van der Waals surface area contributed by atoms with Gasteiger partial charge in [-0.05, 0) is 52.2 Å². The lowest BCUT2D eigenvalue weighted by atomic mass is 10.1. The van der Waals surface area contributed by atoms with Gasteiger partial charge in [0, 0.05) is 13.1 Å². The van der Waals surface area contributed by atoms with Gasteiger partial charge >= 0.3 is 0 Å². The molecule has 0 radical (unpaired) electrons. The molecule has 7 nitrogen and oxygen atoms in total. The predicted octanol–water partition coefficient (Wildman–Crippen LogP) is 3.40. The molecule has 2 heterocycles. The molecule has 158 valence electrons. The molecule has 0 atom stereocenters. The summed E-state index contributed by atoms with van der Waals surface area (Å²) < 4.78 is 34.7. The molecule has 1 aliphatic rings. The maximum atomic E-state index is 13.2. The second kappa shape index (κ2) is 8.67. The normalized spacial score (nSPS) is 15.9. The monoisotopic (exact) mass is 419 g/mol. The minimum absolute atomic E-state index is 0.138. The van der Waals surface area contributed by atoms with E-state index in [0.29, 0.717) is 30.2 Å². The lowest BCUT2D eigenvalue weighted by Crippen LogP contribution is -2.32. The van der Waals surface area contributed by atoms with Gasteiger partial charge in [-0.3, -0.25) is 4.79 Å². The van der Waals surface area contributed by atoms with Crippen molar-refractivity contribution in [3.05, 3.63) is 40.7 Å². The Hall–Kier alpha value is -2.19. The first kappa shape index (κ1) is 21.5. The summed E-state index contributed by atoms with van der Waals surface area (Å²) in [6, 6.07) is 5.73. The molecular formula is C21H29N3O4S. The lowest BCUT2D eigenvalue weighted by molar-refractivity contribution is 0.0817. The number of rotatable bonds is 5. The first-order valence-corrected chi connectivity index (χ1v) is 11.5. The highest BCUT2D eigenvalue weighted by Crippen LogP contribution is 2.26. The van der Waals surface area contributed by atoms with Crippen molar-refractivity contribution in [1.82, 2.24) is 14.1 Å². The smallest absolute Gasteiger partial charge is 0.285 e. The Morgan fingerprint density at radius 1 is 1.07 bits per heavy atom. The standard InChI is InChI=1S/C21H29N3O4S/c1-15-9-10-19(16(2)13-15)28-14-20(25)24-18(4)21(17(3)22-24)29(26,27)23-11-7-5-6-8-12-23/h9-10,13H,5-8,11-12,14H2,1-4H3. The molecular weight excluding hydrogens is 390 g/mol. The van der Waals surface area contributed by atoms with E-state index in [1.165, 1.54) is 4.31 Å². The summed E-state index contributed by atoms with van der Waals surface area (Å²) in [4.78, 5) is 12.8. The highest BCUT2D eigenvalue weighted by Gasteiger charge is 2.32. The van der Waals surface area contributed by atoms with Crippen LogP contribution >= 0.6 is 0 Å². The highest BCUT2D eigenvalue weighted by atomic mass is 32.2. The van der Waals surface area contributed by atoms with Crippen LogP contribution in [0, 0.1) is 27.7 Å². The van der Waals surface area contributed by atoms with E-state index in [4.69, 9.17) is 4.74 Å². The average molecular weight is 420 g/mol. The van der Waals surface area contributed by atoms with Crippen LogP contribution in [0.15, 0.2) is 23.1 Å². The van der Waals surface area contributed by atoms with Crippen LogP contribution in [-0.2, 0) is 10.0 Å². The molecule has 1 fully saturated rings. The van der Waals surface area contributed by atoms with Crippen LogP contribution < -0.4 is 4.74 Å². The van der Waals surface area contributed by atoms with Gasteiger partial charge in [-0.15, -0.1) is 0 Å². The fourth-order valence-corrected chi connectivity index (χ4v) is 5.69. The number of aromatic nitrogens is 2. The maximum absolute atomic E-state index is 13.2. The molecule has 1 aliphatic heterocycles. The maximum Gasteiger partial charge on any atom is 0.285 e. The molecule has 0 saturated carbocycles.